The van der Waals surface area contributed by atoms with Crippen LogP contribution in [0.1, 0.15) is 38.1 Å². The van der Waals surface area contributed by atoms with E-state index in [1.165, 1.54) is 0 Å². The normalized spacial score (nSPS) is 33.7. The Hall–Kier alpha value is -1.26. The van der Waals surface area contributed by atoms with Crippen LogP contribution in [0.4, 0.5) is 0 Å². The second-order valence-electron chi connectivity index (χ2n) is 8.52. The highest BCUT2D eigenvalue weighted by atomic mass is 35.5. The fourth-order valence-corrected chi connectivity index (χ4v) is 4.23. The zero-order valence-electron chi connectivity index (χ0n) is 17.6. The van der Waals surface area contributed by atoms with E-state index in [2.05, 4.69) is 5.32 Å². The number of fused-ring (bicyclic) bond motifs is 3. The number of hydrogen-bond donors (Lipinski definition) is 1. The van der Waals surface area contributed by atoms with Crippen molar-refractivity contribution in [3.05, 3.63) is 34.9 Å². The molecular formula is C21H28ClNO7. The van der Waals surface area contributed by atoms with Gasteiger partial charge in [0.25, 0.3) is 5.91 Å². The van der Waals surface area contributed by atoms with Crippen LogP contribution in [0.5, 0.6) is 0 Å². The van der Waals surface area contributed by atoms with E-state index >= 15 is 0 Å². The molecular weight excluding hydrogens is 414 g/mol. The first-order valence-corrected chi connectivity index (χ1v) is 10.5. The lowest BCUT2D eigenvalue weighted by atomic mass is 9.99. The molecule has 1 amide bonds. The Kier molecular flexibility index (Phi) is 6.11. The summed E-state index contributed by atoms with van der Waals surface area (Å²) in [6.45, 7) is 8.35. The third-order valence-corrected chi connectivity index (χ3v) is 5.51. The molecule has 8 nitrogen and oxygen atoms in total. The largest absolute Gasteiger partial charge is 0.377 e. The highest BCUT2D eigenvalue weighted by molar-refractivity contribution is 6.33. The van der Waals surface area contributed by atoms with Crippen molar-refractivity contribution in [3.63, 3.8) is 0 Å². The first kappa shape index (κ1) is 22.0. The molecule has 1 aromatic carbocycles. The summed E-state index contributed by atoms with van der Waals surface area (Å²) in [5.74, 6) is -1.74. The molecule has 5 unspecified atom stereocenters. The Bertz CT molecular complexity index is 786. The summed E-state index contributed by atoms with van der Waals surface area (Å²) in [7, 11) is 0. The number of halogens is 1. The summed E-state index contributed by atoms with van der Waals surface area (Å²) >= 11 is 6.04. The van der Waals surface area contributed by atoms with Gasteiger partial charge in [0.05, 0.1) is 23.8 Å². The van der Waals surface area contributed by atoms with Crippen LogP contribution in [0, 0.1) is 0 Å². The number of ether oxygens (including phenoxy) is 6. The van der Waals surface area contributed by atoms with Crippen molar-refractivity contribution in [2.75, 3.05) is 19.8 Å². The summed E-state index contributed by atoms with van der Waals surface area (Å²) in [5.41, 5.74) is 0.434. The number of benzene rings is 1. The molecule has 9 heteroatoms. The predicted molar refractivity (Wildman–Crippen MR) is 107 cm³/mol. The Morgan fingerprint density at radius 2 is 1.70 bits per heavy atom. The minimum atomic E-state index is -0.755. The maximum absolute atomic E-state index is 12.2. The van der Waals surface area contributed by atoms with Crippen LogP contribution in [0.25, 0.3) is 0 Å². The van der Waals surface area contributed by atoms with Gasteiger partial charge >= 0.3 is 0 Å². The molecule has 3 fully saturated rings. The minimum absolute atomic E-state index is 0.242. The molecule has 3 aliphatic heterocycles. The quantitative estimate of drug-likeness (QED) is 0.679. The SMILES string of the molecule is CC1(C)OC2OC(COCCNC(=O)c3ccccc3Cl)C3OC(C)(C)OC3C2O1. The first-order chi connectivity index (χ1) is 14.2. The van der Waals surface area contributed by atoms with Gasteiger partial charge in [-0.25, -0.2) is 0 Å². The summed E-state index contributed by atoms with van der Waals surface area (Å²) in [6, 6.07) is 6.90. The summed E-state index contributed by atoms with van der Waals surface area (Å²) in [5, 5.41) is 3.21. The van der Waals surface area contributed by atoms with Crippen LogP contribution in [0.2, 0.25) is 5.02 Å². The molecule has 4 rings (SSSR count). The van der Waals surface area contributed by atoms with E-state index < -0.39 is 17.9 Å². The van der Waals surface area contributed by atoms with Gasteiger partial charge in [0.2, 0.25) is 0 Å². The number of rotatable bonds is 6. The van der Waals surface area contributed by atoms with E-state index in [-0.39, 0.29) is 36.9 Å². The number of hydrogen-bond acceptors (Lipinski definition) is 7. The standard InChI is InChI=1S/C21H28ClNO7/c1-20(2)27-15-14(26-19-17(16(15)28-20)29-21(3,4)30-19)11-25-10-9-23-18(24)12-7-5-6-8-13(12)22/h5-8,14-17,19H,9-11H2,1-4H3,(H,23,24). The molecule has 5 atom stereocenters. The second kappa shape index (κ2) is 8.35. The van der Waals surface area contributed by atoms with Crippen molar-refractivity contribution in [2.45, 2.75) is 70.0 Å². The van der Waals surface area contributed by atoms with Crippen molar-refractivity contribution in [3.8, 4) is 0 Å². The molecule has 0 spiro atoms. The van der Waals surface area contributed by atoms with E-state index in [1.54, 1.807) is 24.3 Å². The van der Waals surface area contributed by atoms with Gasteiger partial charge in [0.15, 0.2) is 17.9 Å². The molecule has 0 saturated carbocycles. The fraction of sp³-hybridized carbons (Fsp3) is 0.667. The summed E-state index contributed by atoms with van der Waals surface area (Å²) < 4.78 is 35.8. The molecule has 3 heterocycles. The monoisotopic (exact) mass is 441 g/mol. The van der Waals surface area contributed by atoms with Gasteiger partial charge < -0.3 is 33.7 Å². The van der Waals surface area contributed by atoms with E-state index in [4.69, 9.17) is 40.0 Å². The Morgan fingerprint density at radius 3 is 2.47 bits per heavy atom. The Labute approximate surface area is 181 Å². The number of carbonyl (C=O) groups excluding carboxylic acids is 1. The predicted octanol–water partition coefficient (Wildman–Crippen LogP) is 2.48. The highest BCUT2D eigenvalue weighted by Gasteiger charge is 2.60. The molecule has 0 bridgehead atoms. The van der Waals surface area contributed by atoms with E-state index in [0.717, 1.165) is 0 Å². The van der Waals surface area contributed by atoms with Crippen LogP contribution >= 0.6 is 11.6 Å². The Balaban J connectivity index is 1.29. The van der Waals surface area contributed by atoms with Crippen LogP contribution in [0.15, 0.2) is 24.3 Å². The number of carbonyl (C=O) groups is 1. The van der Waals surface area contributed by atoms with Crippen LogP contribution in [0.3, 0.4) is 0 Å². The zero-order chi connectivity index (χ0) is 21.5. The maximum atomic E-state index is 12.2. The smallest absolute Gasteiger partial charge is 0.252 e. The van der Waals surface area contributed by atoms with Gasteiger partial charge in [-0.2, -0.15) is 0 Å². The van der Waals surface area contributed by atoms with Crippen molar-refractivity contribution < 1.29 is 33.2 Å². The molecule has 0 aliphatic carbocycles. The lowest BCUT2D eigenvalue weighted by Gasteiger charge is -2.37. The third kappa shape index (κ3) is 4.65. The van der Waals surface area contributed by atoms with E-state index in [1.807, 2.05) is 27.7 Å². The molecule has 0 radical (unpaired) electrons. The van der Waals surface area contributed by atoms with Crippen molar-refractivity contribution in [1.82, 2.24) is 5.32 Å². The number of amides is 1. The lowest BCUT2D eigenvalue weighted by molar-refractivity contribution is -0.242. The molecule has 1 aromatic rings. The third-order valence-electron chi connectivity index (χ3n) is 5.18. The van der Waals surface area contributed by atoms with E-state index in [0.29, 0.717) is 23.7 Å². The van der Waals surface area contributed by atoms with Gasteiger partial charge in [-0.3, -0.25) is 4.79 Å². The molecule has 166 valence electrons. The molecule has 1 N–H and O–H groups in total. The minimum Gasteiger partial charge on any atom is -0.377 e. The second-order valence-corrected chi connectivity index (χ2v) is 8.93. The topological polar surface area (TPSA) is 84.5 Å². The molecule has 30 heavy (non-hydrogen) atoms. The van der Waals surface area contributed by atoms with Gasteiger partial charge in [-0.05, 0) is 39.8 Å². The average molecular weight is 442 g/mol. The zero-order valence-corrected chi connectivity index (χ0v) is 18.3. The molecule has 3 saturated heterocycles. The molecule has 3 aliphatic rings. The van der Waals surface area contributed by atoms with Crippen molar-refractivity contribution >= 4 is 17.5 Å². The number of nitrogens with one attached hydrogen (secondary N) is 1. The van der Waals surface area contributed by atoms with Crippen LogP contribution < -0.4 is 5.32 Å². The van der Waals surface area contributed by atoms with Crippen molar-refractivity contribution in [1.29, 1.82) is 0 Å². The first-order valence-electron chi connectivity index (χ1n) is 10.1. The highest BCUT2D eigenvalue weighted by Crippen LogP contribution is 2.44. The average Bonchev–Trinajstić information content (AvgIpc) is 3.15. The van der Waals surface area contributed by atoms with Crippen molar-refractivity contribution in [2.24, 2.45) is 0 Å². The van der Waals surface area contributed by atoms with Crippen LogP contribution in [-0.2, 0) is 28.4 Å². The summed E-state index contributed by atoms with van der Waals surface area (Å²) in [4.78, 5) is 12.2. The Morgan fingerprint density at radius 1 is 1.03 bits per heavy atom. The van der Waals surface area contributed by atoms with Gasteiger partial charge in [-0.1, -0.05) is 23.7 Å². The lowest BCUT2D eigenvalue weighted by Crippen LogP contribution is -2.56. The maximum Gasteiger partial charge on any atom is 0.252 e. The van der Waals surface area contributed by atoms with Gasteiger partial charge in [0.1, 0.15) is 24.4 Å². The van der Waals surface area contributed by atoms with Crippen LogP contribution in [-0.4, -0.2) is 67.9 Å². The molecule has 0 aromatic heterocycles. The van der Waals surface area contributed by atoms with Gasteiger partial charge in [-0.15, -0.1) is 0 Å². The van der Waals surface area contributed by atoms with E-state index in [9.17, 15) is 4.79 Å². The van der Waals surface area contributed by atoms with Gasteiger partial charge in [0, 0.05) is 6.54 Å². The fourth-order valence-electron chi connectivity index (χ4n) is 4.00. The summed E-state index contributed by atoms with van der Waals surface area (Å²) in [6.07, 6.45) is -1.94.